The molecule has 0 N–H and O–H groups in total. The second-order valence-corrected chi connectivity index (χ2v) is 7.84. The van der Waals surface area contributed by atoms with Gasteiger partial charge in [-0.2, -0.15) is 0 Å². The molecule has 0 saturated carbocycles. The van der Waals surface area contributed by atoms with Gasteiger partial charge in [0.1, 0.15) is 4.38 Å². The Morgan fingerprint density at radius 2 is 2.00 bits per heavy atom. The van der Waals surface area contributed by atoms with Crippen molar-refractivity contribution in [3.63, 3.8) is 0 Å². The number of aliphatic imine (C=N–C) groups is 1. The highest BCUT2D eigenvalue weighted by Crippen LogP contribution is 2.24. The van der Waals surface area contributed by atoms with Crippen molar-refractivity contribution in [1.82, 2.24) is 0 Å². The summed E-state index contributed by atoms with van der Waals surface area (Å²) in [5.74, 6) is 1.72. The molecule has 1 aromatic carbocycles. The summed E-state index contributed by atoms with van der Waals surface area (Å²) in [5, 5.41) is 0. The van der Waals surface area contributed by atoms with E-state index in [1.807, 2.05) is 12.1 Å². The maximum atomic E-state index is 12.1. The summed E-state index contributed by atoms with van der Waals surface area (Å²) < 4.78 is 1.06. The second kappa shape index (κ2) is 6.14. The number of ketones is 1. The highest BCUT2D eigenvalue weighted by atomic mass is 32.2. The standard InChI is InChI=1S/C15H19NOS2/c1-15(2,3)12-6-4-11(5-7-12)13(17)10-19-14-16-8-9-18-14/h4-7H,8-10H2,1-3H3. The number of rotatable bonds is 3. The van der Waals surface area contributed by atoms with Crippen molar-refractivity contribution in [2.24, 2.45) is 4.99 Å². The smallest absolute Gasteiger partial charge is 0.173 e. The zero-order valence-corrected chi connectivity index (χ0v) is 13.2. The van der Waals surface area contributed by atoms with Gasteiger partial charge < -0.3 is 0 Å². The summed E-state index contributed by atoms with van der Waals surface area (Å²) >= 11 is 3.31. The molecule has 102 valence electrons. The van der Waals surface area contributed by atoms with Gasteiger partial charge in [0.25, 0.3) is 0 Å². The molecule has 0 fully saturated rings. The molecule has 2 rings (SSSR count). The SMILES string of the molecule is CC(C)(C)c1ccc(C(=O)CSC2=NCCS2)cc1. The van der Waals surface area contributed by atoms with Crippen LogP contribution in [0.15, 0.2) is 29.3 Å². The highest BCUT2D eigenvalue weighted by Gasteiger charge is 2.15. The van der Waals surface area contributed by atoms with Gasteiger partial charge in [0.2, 0.25) is 0 Å². The summed E-state index contributed by atoms with van der Waals surface area (Å²) in [6, 6.07) is 7.99. The lowest BCUT2D eigenvalue weighted by atomic mass is 9.86. The Kier molecular flexibility index (Phi) is 4.74. The average molecular weight is 293 g/mol. The van der Waals surface area contributed by atoms with Crippen LogP contribution in [0, 0.1) is 0 Å². The molecule has 0 spiro atoms. The Balaban J connectivity index is 1.95. The van der Waals surface area contributed by atoms with Crippen molar-refractivity contribution in [3.8, 4) is 0 Å². The maximum absolute atomic E-state index is 12.1. The summed E-state index contributed by atoms with van der Waals surface area (Å²) in [6.07, 6.45) is 0. The zero-order chi connectivity index (χ0) is 13.9. The fourth-order valence-electron chi connectivity index (χ4n) is 1.77. The fraction of sp³-hybridized carbons (Fsp3) is 0.467. The number of hydrogen-bond donors (Lipinski definition) is 0. The van der Waals surface area contributed by atoms with Crippen LogP contribution in [0.3, 0.4) is 0 Å². The summed E-state index contributed by atoms with van der Waals surface area (Å²) in [7, 11) is 0. The number of thioether (sulfide) groups is 2. The van der Waals surface area contributed by atoms with Gasteiger partial charge >= 0.3 is 0 Å². The van der Waals surface area contributed by atoms with Crippen LogP contribution in [-0.2, 0) is 5.41 Å². The Labute approximate surface area is 123 Å². The molecular weight excluding hydrogens is 274 g/mol. The summed E-state index contributed by atoms with van der Waals surface area (Å²) in [5.41, 5.74) is 2.18. The molecule has 0 bridgehead atoms. The van der Waals surface area contributed by atoms with Crippen molar-refractivity contribution < 1.29 is 4.79 Å². The van der Waals surface area contributed by atoms with Gasteiger partial charge in [0.05, 0.1) is 12.3 Å². The Morgan fingerprint density at radius 1 is 1.32 bits per heavy atom. The summed E-state index contributed by atoms with van der Waals surface area (Å²) in [6.45, 7) is 7.42. The van der Waals surface area contributed by atoms with Crippen LogP contribution in [0.5, 0.6) is 0 Å². The third-order valence-electron chi connectivity index (χ3n) is 2.96. The second-order valence-electron chi connectivity index (χ2n) is 5.54. The minimum atomic E-state index is 0.131. The molecule has 1 aliphatic rings. The monoisotopic (exact) mass is 293 g/mol. The van der Waals surface area contributed by atoms with Gasteiger partial charge in [-0.25, -0.2) is 0 Å². The van der Waals surface area contributed by atoms with Crippen molar-refractivity contribution in [3.05, 3.63) is 35.4 Å². The van der Waals surface area contributed by atoms with E-state index < -0.39 is 0 Å². The van der Waals surface area contributed by atoms with Crippen LogP contribution in [0.25, 0.3) is 0 Å². The highest BCUT2D eigenvalue weighted by molar-refractivity contribution is 8.39. The molecular formula is C15H19NOS2. The van der Waals surface area contributed by atoms with Gasteiger partial charge in [-0.15, -0.1) is 0 Å². The van der Waals surface area contributed by atoms with Gasteiger partial charge in [0, 0.05) is 11.3 Å². The normalized spacial score (nSPS) is 15.4. The molecule has 4 heteroatoms. The van der Waals surface area contributed by atoms with Crippen molar-refractivity contribution in [1.29, 1.82) is 0 Å². The number of carbonyl (C=O) groups excluding carboxylic acids is 1. The zero-order valence-electron chi connectivity index (χ0n) is 11.6. The molecule has 0 aliphatic carbocycles. The van der Waals surface area contributed by atoms with E-state index in [4.69, 9.17) is 0 Å². The van der Waals surface area contributed by atoms with Crippen LogP contribution in [0.1, 0.15) is 36.7 Å². The first-order valence-corrected chi connectivity index (χ1v) is 8.38. The number of hydrogen-bond acceptors (Lipinski definition) is 4. The lowest BCUT2D eigenvalue weighted by Crippen LogP contribution is -2.11. The predicted molar refractivity (Wildman–Crippen MR) is 86.7 cm³/mol. The molecule has 0 amide bonds. The lowest BCUT2D eigenvalue weighted by Gasteiger charge is -2.18. The van der Waals surface area contributed by atoms with Gasteiger partial charge in [-0.05, 0) is 11.0 Å². The van der Waals surface area contributed by atoms with Crippen molar-refractivity contribution >= 4 is 33.7 Å². The molecule has 19 heavy (non-hydrogen) atoms. The topological polar surface area (TPSA) is 29.4 Å². The largest absolute Gasteiger partial charge is 0.293 e. The van der Waals surface area contributed by atoms with Crippen LogP contribution >= 0.6 is 23.5 Å². The quantitative estimate of drug-likeness (QED) is 0.789. The Hall–Kier alpha value is -0.740. The van der Waals surface area contributed by atoms with Crippen LogP contribution in [0.2, 0.25) is 0 Å². The molecule has 1 aromatic rings. The van der Waals surface area contributed by atoms with Crippen LogP contribution in [-0.4, -0.2) is 28.2 Å². The third-order valence-corrected chi connectivity index (χ3v) is 5.21. The van der Waals surface area contributed by atoms with E-state index in [0.717, 1.165) is 22.2 Å². The number of nitrogens with zero attached hydrogens (tertiary/aromatic N) is 1. The third kappa shape index (κ3) is 4.11. The minimum Gasteiger partial charge on any atom is -0.293 e. The van der Waals surface area contributed by atoms with Crippen molar-refractivity contribution in [2.75, 3.05) is 18.1 Å². The first-order chi connectivity index (χ1) is 8.97. The first kappa shape index (κ1) is 14.7. The summed E-state index contributed by atoms with van der Waals surface area (Å²) in [4.78, 5) is 16.4. The number of benzene rings is 1. The van der Waals surface area contributed by atoms with E-state index in [9.17, 15) is 4.79 Å². The minimum absolute atomic E-state index is 0.131. The van der Waals surface area contributed by atoms with E-state index in [-0.39, 0.29) is 11.2 Å². The molecule has 0 saturated heterocycles. The van der Waals surface area contributed by atoms with E-state index in [1.54, 1.807) is 23.5 Å². The van der Waals surface area contributed by atoms with Crippen LogP contribution in [0.4, 0.5) is 0 Å². The molecule has 0 atom stereocenters. The molecule has 0 aromatic heterocycles. The molecule has 2 nitrogen and oxygen atoms in total. The maximum Gasteiger partial charge on any atom is 0.173 e. The van der Waals surface area contributed by atoms with Crippen LogP contribution < -0.4 is 0 Å². The molecule has 0 unspecified atom stereocenters. The molecule has 1 aliphatic heterocycles. The fourth-order valence-corrected chi connectivity index (χ4v) is 3.67. The van der Waals surface area contributed by atoms with Gasteiger partial charge in [0.15, 0.2) is 5.78 Å². The number of Topliss-reactive ketones (excluding diaryl/α,β-unsaturated/α-hetero) is 1. The molecule has 0 radical (unpaired) electrons. The van der Waals surface area contributed by atoms with E-state index in [1.165, 1.54) is 5.56 Å². The Bertz CT molecular complexity index is 486. The average Bonchev–Trinajstić information content (AvgIpc) is 2.88. The lowest BCUT2D eigenvalue weighted by molar-refractivity contribution is 0.102. The van der Waals surface area contributed by atoms with E-state index >= 15 is 0 Å². The van der Waals surface area contributed by atoms with Gasteiger partial charge in [-0.3, -0.25) is 9.79 Å². The first-order valence-electron chi connectivity index (χ1n) is 6.40. The number of carbonyl (C=O) groups is 1. The van der Waals surface area contributed by atoms with Gasteiger partial charge in [-0.1, -0.05) is 68.6 Å². The predicted octanol–water partition coefficient (Wildman–Crippen LogP) is 4.00. The van der Waals surface area contributed by atoms with Crippen molar-refractivity contribution in [2.45, 2.75) is 26.2 Å². The molecule has 1 heterocycles. The van der Waals surface area contributed by atoms with E-state index in [2.05, 4.69) is 37.9 Å². The van der Waals surface area contributed by atoms with E-state index in [0.29, 0.717) is 5.75 Å². The Morgan fingerprint density at radius 3 is 2.53 bits per heavy atom.